The number of amides is 1. The average molecular weight is 367 g/mol. The summed E-state index contributed by atoms with van der Waals surface area (Å²) in [7, 11) is 0. The maximum atomic E-state index is 13.5. The van der Waals surface area contributed by atoms with Gasteiger partial charge in [0.15, 0.2) is 0 Å². The van der Waals surface area contributed by atoms with E-state index < -0.39 is 0 Å². The molecule has 2 heterocycles. The predicted molar refractivity (Wildman–Crippen MR) is 105 cm³/mol. The summed E-state index contributed by atoms with van der Waals surface area (Å²) in [6, 6.07) is 12.2. The van der Waals surface area contributed by atoms with Crippen LogP contribution in [0, 0.1) is 11.7 Å². The Balaban J connectivity index is 1.38. The van der Waals surface area contributed by atoms with Gasteiger partial charge in [-0.05, 0) is 61.2 Å². The molecule has 6 heteroatoms. The molecule has 0 bridgehead atoms. The predicted octanol–water partition coefficient (Wildman–Crippen LogP) is 4.07. The third-order valence-electron chi connectivity index (χ3n) is 4.97. The quantitative estimate of drug-likeness (QED) is 0.697. The molecule has 0 radical (unpaired) electrons. The van der Waals surface area contributed by atoms with Gasteiger partial charge in [0.2, 0.25) is 0 Å². The van der Waals surface area contributed by atoms with Gasteiger partial charge in [0.05, 0.1) is 5.57 Å². The molecule has 1 saturated heterocycles. The molecule has 0 unspecified atom stereocenters. The van der Waals surface area contributed by atoms with Gasteiger partial charge in [0.1, 0.15) is 5.82 Å². The van der Waals surface area contributed by atoms with Crippen molar-refractivity contribution in [3.8, 4) is 0 Å². The number of hydrogen-bond donors (Lipinski definition) is 3. The Morgan fingerprint density at radius 3 is 2.63 bits per heavy atom. The van der Waals surface area contributed by atoms with Crippen molar-refractivity contribution in [2.75, 3.05) is 35.7 Å². The molecule has 0 saturated carbocycles. The molecule has 4 rings (SSSR count). The monoisotopic (exact) mass is 367 g/mol. The number of ether oxygens (including phenoxy) is 1. The highest BCUT2D eigenvalue weighted by Gasteiger charge is 2.24. The molecule has 0 aliphatic carbocycles. The van der Waals surface area contributed by atoms with Crippen LogP contribution in [-0.2, 0) is 9.53 Å². The number of carbonyl (C=O) groups excluding carboxylic acids is 1. The maximum absolute atomic E-state index is 13.5. The third-order valence-corrected chi connectivity index (χ3v) is 4.97. The topological polar surface area (TPSA) is 62.4 Å². The van der Waals surface area contributed by atoms with E-state index in [1.165, 1.54) is 12.1 Å². The van der Waals surface area contributed by atoms with Crippen LogP contribution in [-0.4, -0.2) is 25.7 Å². The zero-order valence-electron chi connectivity index (χ0n) is 14.9. The Labute approximate surface area is 157 Å². The van der Waals surface area contributed by atoms with E-state index >= 15 is 0 Å². The first-order valence-corrected chi connectivity index (χ1v) is 9.19. The molecule has 1 fully saturated rings. The zero-order valence-corrected chi connectivity index (χ0v) is 14.9. The molecule has 1 amide bonds. The second-order valence-electron chi connectivity index (χ2n) is 6.86. The van der Waals surface area contributed by atoms with Crippen molar-refractivity contribution in [3.63, 3.8) is 0 Å². The normalized spacial score (nSPS) is 18.3. The van der Waals surface area contributed by atoms with E-state index in [4.69, 9.17) is 4.74 Å². The van der Waals surface area contributed by atoms with Crippen LogP contribution >= 0.6 is 0 Å². The fourth-order valence-corrected chi connectivity index (χ4v) is 3.36. The van der Waals surface area contributed by atoms with Crippen molar-refractivity contribution in [1.82, 2.24) is 0 Å². The SMILES string of the molecule is O=C1Nc2ccc(F)cc2C1=CNc1ccc(NCC2CCOCC2)cc1. The first-order chi connectivity index (χ1) is 13.2. The number of anilines is 3. The van der Waals surface area contributed by atoms with Crippen molar-refractivity contribution >= 4 is 28.5 Å². The summed E-state index contributed by atoms with van der Waals surface area (Å²) in [5.74, 6) is 0.0524. The Morgan fingerprint density at radius 2 is 1.85 bits per heavy atom. The molecule has 3 N–H and O–H groups in total. The fraction of sp³-hybridized carbons (Fsp3) is 0.286. The van der Waals surface area contributed by atoms with Gasteiger partial charge >= 0.3 is 0 Å². The summed E-state index contributed by atoms with van der Waals surface area (Å²) in [4.78, 5) is 12.1. The van der Waals surface area contributed by atoms with Crippen molar-refractivity contribution in [2.45, 2.75) is 12.8 Å². The van der Waals surface area contributed by atoms with E-state index in [1.807, 2.05) is 24.3 Å². The van der Waals surface area contributed by atoms with E-state index in [0.717, 1.165) is 44.0 Å². The smallest absolute Gasteiger partial charge is 0.257 e. The fourth-order valence-electron chi connectivity index (χ4n) is 3.36. The molecule has 140 valence electrons. The van der Waals surface area contributed by atoms with Gasteiger partial charge in [0, 0.05) is 48.6 Å². The Morgan fingerprint density at radius 1 is 1.11 bits per heavy atom. The molecule has 0 atom stereocenters. The van der Waals surface area contributed by atoms with E-state index in [9.17, 15) is 9.18 Å². The van der Waals surface area contributed by atoms with Gasteiger partial charge in [-0.3, -0.25) is 4.79 Å². The van der Waals surface area contributed by atoms with Crippen LogP contribution in [0.2, 0.25) is 0 Å². The number of fused-ring (bicyclic) bond motifs is 1. The minimum atomic E-state index is -0.365. The average Bonchev–Trinajstić information content (AvgIpc) is 3.01. The van der Waals surface area contributed by atoms with E-state index in [-0.39, 0.29) is 11.7 Å². The minimum Gasteiger partial charge on any atom is -0.385 e. The Bertz CT molecular complexity index is 858. The van der Waals surface area contributed by atoms with Gasteiger partial charge in [-0.15, -0.1) is 0 Å². The highest BCUT2D eigenvalue weighted by Crippen LogP contribution is 2.32. The first kappa shape index (κ1) is 17.5. The summed E-state index contributed by atoms with van der Waals surface area (Å²) in [6.07, 6.45) is 3.82. The molecule has 2 aliphatic heterocycles. The maximum Gasteiger partial charge on any atom is 0.257 e. The first-order valence-electron chi connectivity index (χ1n) is 9.19. The summed E-state index contributed by atoms with van der Waals surface area (Å²) in [5, 5.41) is 9.32. The van der Waals surface area contributed by atoms with Gasteiger partial charge in [-0.2, -0.15) is 0 Å². The second kappa shape index (κ2) is 7.80. The highest BCUT2D eigenvalue weighted by atomic mass is 19.1. The summed E-state index contributed by atoms with van der Waals surface area (Å²) >= 11 is 0. The van der Waals surface area contributed by atoms with Gasteiger partial charge < -0.3 is 20.7 Å². The lowest BCUT2D eigenvalue weighted by molar-refractivity contribution is -0.110. The molecule has 2 aromatic carbocycles. The molecule has 2 aliphatic rings. The number of benzene rings is 2. The third kappa shape index (κ3) is 4.11. The van der Waals surface area contributed by atoms with Crippen molar-refractivity contribution in [1.29, 1.82) is 0 Å². The summed E-state index contributed by atoms with van der Waals surface area (Å²) in [5.41, 5.74) is 3.54. The molecule has 5 nitrogen and oxygen atoms in total. The summed E-state index contributed by atoms with van der Waals surface area (Å²) < 4.78 is 18.9. The Hall–Kier alpha value is -2.86. The van der Waals surface area contributed by atoms with Crippen LogP contribution in [0.1, 0.15) is 18.4 Å². The molecule has 0 spiro atoms. The lowest BCUT2D eigenvalue weighted by atomic mass is 10.0. The number of rotatable bonds is 5. The van der Waals surface area contributed by atoms with Crippen LogP contribution < -0.4 is 16.0 Å². The van der Waals surface area contributed by atoms with Crippen molar-refractivity contribution in [2.24, 2.45) is 5.92 Å². The van der Waals surface area contributed by atoms with Crippen LogP contribution in [0.25, 0.3) is 5.57 Å². The van der Waals surface area contributed by atoms with Crippen molar-refractivity contribution < 1.29 is 13.9 Å². The van der Waals surface area contributed by atoms with Crippen LogP contribution in [0.3, 0.4) is 0 Å². The van der Waals surface area contributed by atoms with E-state index in [1.54, 1.807) is 12.3 Å². The minimum absolute atomic E-state index is 0.238. The second-order valence-corrected chi connectivity index (χ2v) is 6.86. The number of hydrogen-bond acceptors (Lipinski definition) is 4. The van der Waals surface area contributed by atoms with Gasteiger partial charge in [0.25, 0.3) is 5.91 Å². The lowest BCUT2D eigenvalue weighted by Gasteiger charge is -2.22. The molecule has 0 aromatic heterocycles. The summed E-state index contributed by atoms with van der Waals surface area (Å²) in [6.45, 7) is 2.65. The van der Waals surface area contributed by atoms with E-state index in [0.29, 0.717) is 22.7 Å². The number of carbonyl (C=O) groups is 1. The van der Waals surface area contributed by atoms with Crippen LogP contribution in [0.5, 0.6) is 0 Å². The molecule has 2 aromatic rings. The molecular weight excluding hydrogens is 345 g/mol. The van der Waals surface area contributed by atoms with Crippen molar-refractivity contribution in [3.05, 3.63) is 60.0 Å². The highest BCUT2D eigenvalue weighted by molar-refractivity contribution is 6.31. The zero-order chi connectivity index (χ0) is 18.6. The van der Waals surface area contributed by atoms with E-state index in [2.05, 4.69) is 16.0 Å². The standard InChI is InChI=1S/C21H22FN3O2/c22-15-1-6-20-18(11-15)19(21(26)25-20)13-24-17-4-2-16(3-5-17)23-12-14-7-9-27-10-8-14/h1-6,11,13-14,23-24H,7-10,12H2,(H,25,26). The molecular formula is C21H22FN3O2. The van der Waals surface area contributed by atoms with Crippen LogP contribution in [0.4, 0.5) is 21.5 Å². The van der Waals surface area contributed by atoms with Gasteiger partial charge in [-0.25, -0.2) is 4.39 Å². The largest absolute Gasteiger partial charge is 0.385 e. The Kier molecular flexibility index (Phi) is 5.07. The number of nitrogens with one attached hydrogen (secondary N) is 3. The lowest BCUT2D eigenvalue weighted by Crippen LogP contribution is -2.22. The molecule has 27 heavy (non-hydrogen) atoms. The van der Waals surface area contributed by atoms with Gasteiger partial charge in [-0.1, -0.05) is 0 Å². The number of halogens is 1. The van der Waals surface area contributed by atoms with Crippen LogP contribution in [0.15, 0.2) is 48.7 Å².